The van der Waals surface area contributed by atoms with E-state index in [-0.39, 0.29) is 5.91 Å². The van der Waals surface area contributed by atoms with Gasteiger partial charge in [0.2, 0.25) is 5.91 Å². The maximum absolute atomic E-state index is 12.5. The van der Waals surface area contributed by atoms with Crippen LogP contribution in [0.3, 0.4) is 0 Å². The largest absolute Gasteiger partial charge is 0.357 e. The van der Waals surface area contributed by atoms with Crippen molar-refractivity contribution in [1.29, 1.82) is 0 Å². The molecule has 0 spiro atoms. The van der Waals surface area contributed by atoms with Gasteiger partial charge in [-0.25, -0.2) is 9.97 Å². The Kier molecular flexibility index (Phi) is 5.93. The van der Waals surface area contributed by atoms with Crippen LogP contribution in [0.25, 0.3) is 11.4 Å². The number of piperidine rings is 1. The fraction of sp³-hybridized carbons (Fsp3) is 0.591. The molecule has 6 heteroatoms. The van der Waals surface area contributed by atoms with Crippen molar-refractivity contribution < 1.29 is 4.79 Å². The highest BCUT2D eigenvalue weighted by Gasteiger charge is 2.19. The molecule has 1 aliphatic carbocycles. The molecule has 1 aliphatic heterocycles. The van der Waals surface area contributed by atoms with E-state index in [0.717, 1.165) is 49.1 Å². The van der Waals surface area contributed by atoms with E-state index >= 15 is 0 Å². The average molecular weight is 382 g/mol. The lowest BCUT2D eigenvalue weighted by Gasteiger charge is -2.31. The number of carbonyl (C=O) groups is 1. The molecule has 0 atom stereocenters. The van der Waals surface area contributed by atoms with Gasteiger partial charge in [0.15, 0.2) is 0 Å². The molecule has 2 aromatic rings. The maximum atomic E-state index is 12.5. The molecule has 1 N–H and O–H groups in total. The molecule has 1 saturated carbocycles. The standard InChI is InChI=1S/C22H31N5O/c1-17-8-12-26(13-9-17)20-15-18(7-10-23-20)22-24-11-14-27(22)16-21(28)25-19-5-3-2-4-6-19/h7,10-11,14-15,17,19H,2-6,8-9,12-13,16H2,1H3,(H,25,28). The number of rotatable bonds is 5. The zero-order valence-corrected chi connectivity index (χ0v) is 16.8. The second-order valence-electron chi connectivity index (χ2n) is 8.35. The van der Waals surface area contributed by atoms with Crippen LogP contribution in [0.4, 0.5) is 5.82 Å². The summed E-state index contributed by atoms with van der Waals surface area (Å²) < 4.78 is 1.94. The van der Waals surface area contributed by atoms with Crippen LogP contribution in [0.1, 0.15) is 51.9 Å². The Bertz CT molecular complexity index is 788. The highest BCUT2D eigenvalue weighted by molar-refractivity contribution is 5.77. The first-order valence-electron chi connectivity index (χ1n) is 10.7. The second-order valence-corrected chi connectivity index (χ2v) is 8.35. The molecule has 0 bridgehead atoms. The molecule has 3 heterocycles. The van der Waals surface area contributed by atoms with Crippen molar-refractivity contribution in [3.05, 3.63) is 30.7 Å². The van der Waals surface area contributed by atoms with Crippen molar-refractivity contribution in [3.8, 4) is 11.4 Å². The quantitative estimate of drug-likeness (QED) is 0.859. The number of anilines is 1. The molecule has 150 valence electrons. The Morgan fingerprint density at radius 3 is 2.68 bits per heavy atom. The number of hydrogen-bond donors (Lipinski definition) is 1. The molecular weight excluding hydrogens is 350 g/mol. The van der Waals surface area contributed by atoms with Gasteiger partial charge in [0.1, 0.15) is 18.2 Å². The molecule has 28 heavy (non-hydrogen) atoms. The number of aromatic nitrogens is 3. The fourth-order valence-electron chi connectivity index (χ4n) is 4.34. The summed E-state index contributed by atoms with van der Waals surface area (Å²) in [5.74, 6) is 2.70. The molecular formula is C22H31N5O. The normalized spacial score (nSPS) is 19.0. The predicted octanol–water partition coefficient (Wildman–Crippen LogP) is 3.63. The Labute approximate surface area is 167 Å². The minimum atomic E-state index is 0.0745. The Morgan fingerprint density at radius 2 is 1.89 bits per heavy atom. The summed E-state index contributed by atoms with van der Waals surface area (Å²) in [6, 6.07) is 4.42. The van der Waals surface area contributed by atoms with Crippen LogP contribution in [0, 0.1) is 5.92 Å². The minimum absolute atomic E-state index is 0.0745. The topological polar surface area (TPSA) is 63.1 Å². The van der Waals surface area contributed by atoms with E-state index in [1.54, 1.807) is 6.20 Å². The summed E-state index contributed by atoms with van der Waals surface area (Å²) in [5.41, 5.74) is 1.01. The van der Waals surface area contributed by atoms with Crippen molar-refractivity contribution in [2.45, 2.75) is 64.5 Å². The van der Waals surface area contributed by atoms with Gasteiger partial charge in [-0.2, -0.15) is 0 Å². The summed E-state index contributed by atoms with van der Waals surface area (Å²) in [4.78, 5) is 24.0. The maximum Gasteiger partial charge on any atom is 0.240 e. The molecule has 2 aromatic heterocycles. The Hall–Kier alpha value is -2.37. The van der Waals surface area contributed by atoms with Gasteiger partial charge in [-0.05, 0) is 43.7 Å². The van der Waals surface area contributed by atoms with E-state index in [1.807, 2.05) is 23.0 Å². The lowest BCUT2D eigenvalue weighted by Crippen LogP contribution is -2.38. The summed E-state index contributed by atoms with van der Waals surface area (Å²) in [5, 5.41) is 3.19. The van der Waals surface area contributed by atoms with Gasteiger partial charge >= 0.3 is 0 Å². The van der Waals surface area contributed by atoms with Crippen LogP contribution in [0.2, 0.25) is 0 Å². The van der Waals surface area contributed by atoms with E-state index in [4.69, 9.17) is 0 Å². The van der Waals surface area contributed by atoms with Crippen LogP contribution < -0.4 is 10.2 Å². The molecule has 2 aliphatic rings. The average Bonchev–Trinajstić information content (AvgIpc) is 3.17. The van der Waals surface area contributed by atoms with Gasteiger partial charge in [-0.15, -0.1) is 0 Å². The van der Waals surface area contributed by atoms with Gasteiger partial charge in [-0.3, -0.25) is 4.79 Å². The van der Waals surface area contributed by atoms with Gasteiger partial charge in [-0.1, -0.05) is 26.2 Å². The number of hydrogen-bond acceptors (Lipinski definition) is 4. The summed E-state index contributed by atoms with van der Waals surface area (Å²) in [6.45, 7) is 4.73. The minimum Gasteiger partial charge on any atom is -0.357 e. The van der Waals surface area contributed by atoms with Crippen LogP contribution in [-0.4, -0.2) is 39.6 Å². The third kappa shape index (κ3) is 4.54. The van der Waals surface area contributed by atoms with E-state index in [2.05, 4.69) is 33.2 Å². The second kappa shape index (κ2) is 8.76. The first kappa shape index (κ1) is 19.0. The highest BCUT2D eigenvalue weighted by Crippen LogP contribution is 2.25. The van der Waals surface area contributed by atoms with Gasteiger partial charge in [0, 0.05) is 43.3 Å². The van der Waals surface area contributed by atoms with Gasteiger partial charge in [0.25, 0.3) is 0 Å². The number of pyridine rings is 1. The number of amides is 1. The van der Waals surface area contributed by atoms with Crippen LogP contribution >= 0.6 is 0 Å². The smallest absolute Gasteiger partial charge is 0.240 e. The Balaban J connectivity index is 1.44. The third-order valence-corrected chi connectivity index (χ3v) is 6.11. The number of nitrogens with zero attached hydrogens (tertiary/aromatic N) is 4. The first-order valence-corrected chi connectivity index (χ1v) is 10.7. The SMILES string of the molecule is CC1CCN(c2cc(-c3nccn3CC(=O)NC3CCCCC3)ccn2)CC1. The van der Waals surface area contributed by atoms with Crippen molar-refractivity contribution in [2.75, 3.05) is 18.0 Å². The molecule has 0 radical (unpaired) electrons. The monoisotopic (exact) mass is 381 g/mol. The number of carbonyl (C=O) groups excluding carboxylic acids is 1. The first-order chi connectivity index (χ1) is 13.7. The molecule has 1 saturated heterocycles. The Morgan fingerprint density at radius 1 is 1.11 bits per heavy atom. The van der Waals surface area contributed by atoms with Crippen molar-refractivity contribution in [2.24, 2.45) is 5.92 Å². The zero-order valence-electron chi connectivity index (χ0n) is 16.8. The van der Waals surface area contributed by atoms with E-state index in [9.17, 15) is 4.79 Å². The van der Waals surface area contributed by atoms with Gasteiger partial charge < -0.3 is 14.8 Å². The van der Waals surface area contributed by atoms with E-state index in [0.29, 0.717) is 12.6 Å². The molecule has 1 amide bonds. The summed E-state index contributed by atoms with van der Waals surface area (Å²) >= 11 is 0. The van der Waals surface area contributed by atoms with Crippen LogP contribution in [0.15, 0.2) is 30.7 Å². The van der Waals surface area contributed by atoms with Crippen molar-refractivity contribution >= 4 is 11.7 Å². The molecule has 4 rings (SSSR count). The lowest BCUT2D eigenvalue weighted by atomic mass is 9.95. The van der Waals surface area contributed by atoms with E-state index in [1.165, 1.54) is 32.1 Å². The predicted molar refractivity (Wildman–Crippen MR) is 111 cm³/mol. The summed E-state index contributed by atoms with van der Waals surface area (Å²) in [6.07, 6.45) is 13.9. The molecule has 2 fully saturated rings. The molecule has 0 aromatic carbocycles. The lowest BCUT2D eigenvalue weighted by molar-refractivity contribution is -0.122. The van der Waals surface area contributed by atoms with Crippen LogP contribution in [-0.2, 0) is 11.3 Å². The highest BCUT2D eigenvalue weighted by atomic mass is 16.2. The fourth-order valence-corrected chi connectivity index (χ4v) is 4.34. The molecule has 6 nitrogen and oxygen atoms in total. The molecule has 0 unspecified atom stereocenters. The third-order valence-electron chi connectivity index (χ3n) is 6.11. The number of nitrogens with one attached hydrogen (secondary N) is 1. The summed E-state index contributed by atoms with van der Waals surface area (Å²) in [7, 11) is 0. The van der Waals surface area contributed by atoms with Crippen LogP contribution in [0.5, 0.6) is 0 Å². The zero-order chi connectivity index (χ0) is 19.3. The van der Waals surface area contributed by atoms with E-state index < -0.39 is 0 Å². The number of imidazole rings is 1. The van der Waals surface area contributed by atoms with Crippen molar-refractivity contribution in [3.63, 3.8) is 0 Å². The van der Waals surface area contributed by atoms with Gasteiger partial charge in [0.05, 0.1) is 0 Å². The van der Waals surface area contributed by atoms with Crippen molar-refractivity contribution in [1.82, 2.24) is 19.9 Å².